The zero-order valence-corrected chi connectivity index (χ0v) is 36.8. The fourth-order valence-electron chi connectivity index (χ4n) is 8.40. The van der Waals surface area contributed by atoms with Gasteiger partial charge in [-0.1, -0.05) is 47.6 Å². The van der Waals surface area contributed by atoms with Gasteiger partial charge in [0.05, 0.1) is 42.9 Å². The lowest BCUT2D eigenvalue weighted by Gasteiger charge is -2.30. The molecule has 6 atom stereocenters. The fourth-order valence-corrected chi connectivity index (χ4v) is 11.9. The van der Waals surface area contributed by atoms with Crippen molar-refractivity contribution in [3.8, 4) is 20.2 Å². The molecule has 2 fully saturated rings. The number of ether oxygens (including phenoxy) is 2. The monoisotopic (exact) mass is 858 g/mol. The number of imidazole rings is 2. The molecule has 0 bridgehead atoms. The van der Waals surface area contributed by atoms with Crippen molar-refractivity contribution in [1.29, 1.82) is 0 Å². The largest absolute Gasteiger partial charge is 0.453 e. The van der Waals surface area contributed by atoms with E-state index in [1.165, 1.54) is 28.5 Å². The van der Waals surface area contributed by atoms with Gasteiger partial charge in [0, 0.05) is 37.1 Å². The van der Waals surface area contributed by atoms with E-state index in [1.807, 2.05) is 43.6 Å². The van der Waals surface area contributed by atoms with Gasteiger partial charge in [0.1, 0.15) is 28.6 Å². The SMILES string of the molecule is COC(=O)N[C@H](C(=O)N1C[C@@H](C)C[C@@H]1c1nc2sc(-c3cc4sc(-c5ccc6nc([C@@H]7C[C@H](C)CN7C(=O)[C@@H](NC(=O)OC)C(C)C)[nH]c6c5)cc4s3)cc2[nH]1)C(C)C. The van der Waals surface area contributed by atoms with Crippen LogP contribution in [0.3, 0.4) is 0 Å². The number of fused-ring (bicyclic) bond motifs is 3. The number of hydrogen-bond acceptors (Lipinski definition) is 11. The number of nitrogens with one attached hydrogen (secondary N) is 4. The maximum atomic E-state index is 13.8. The highest BCUT2D eigenvalue weighted by atomic mass is 32.1. The molecule has 8 rings (SSSR count). The first-order valence-corrected chi connectivity index (χ1v) is 22.5. The average Bonchev–Trinajstić information content (AvgIpc) is 4.05. The molecule has 17 heteroatoms. The van der Waals surface area contributed by atoms with E-state index in [-0.39, 0.29) is 41.7 Å². The molecule has 0 radical (unpaired) electrons. The zero-order chi connectivity index (χ0) is 41.9. The molecule has 59 heavy (non-hydrogen) atoms. The number of carbonyl (C=O) groups is 4. The molecule has 0 saturated carbocycles. The second kappa shape index (κ2) is 16.2. The number of nitrogens with zero attached hydrogens (tertiary/aromatic N) is 4. The van der Waals surface area contributed by atoms with Gasteiger partial charge in [-0.2, -0.15) is 0 Å². The normalized spacial score (nSPS) is 20.6. The quantitative estimate of drug-likeness (QED) is 0.106. The van der Waals surface area contributed by atoms with Gasteiger partial charge in [-0.25, -0.2) is 19.6 Å². The molecule has 0 unspecified atom stereocenters. The highest BCUT2D eigenvalue weighted by Crippen LogP contribution is 2.45. The van der Waals surface area contributed by atoms with Crippen molar-refractivity contribution in [3.63, 3.8) is 0 Å². The Labute approximate surface area is 354 Å². The Morgan fingerprint density at radius 3 is 1.75 bits per heavy atom. The minimum absolute atomic E-state index is 0.105. The van der Waals surface area contributed by atoms with Crippen molar-refractivity contribution in [2.75, 3.05) is 27.3 Å². The smallest absolute Gasteiger partial charge is 0.407 e. The summed E-state index contributed by atoms with van der Waals surface area (Å²) in [5.41, 5.74) is 3.79. The lowest BCUT2D eigenvalue weighted by atomic mass is 10.0. The molecule has 2 aliphatic rings. The van der Waals surface area contributed by atoms with Gasteiger partial charge in [0.25, 0.3) is 0 Å². The number of amides is 4. The van der Waals surface area contributed by atoms with E-state index in [1.54, 1.807) is 34.0 Å². The van der Waals surface area contributed by atoms with E-state index in [0.717, 1.165) is 61.2 Å². The predicted octanol–water partition coefficient (Wildman–Crippen LogP) is 8.69. The van der Waals surface area contributed by atoms with Crippen LogP contribution in [0.15, 0.2) is 36.4 Å². The van der Waals surface area contributed by atoms with Gasteiger partial charge < -0.3 is 39.9 Å². The molecule has 7 heterocycles. The Kier molecular flexibility index (Phi) is 11.2. The molecule has 6 aromatic rings. The van der Waals surface area contributed by atoms with Gasteiger partial charge in [-0.3, -0.25) is 9.59 Å². The van der Waals surface area contributed by atoms with Crippen LogP contribution in [-0.4, -0.2) is 93.1 Å². The first kappa shape index (κ1) is 40.8. The van der Waals surface area contributed by atoms with E-state index < -0.39 is 24.3 Å². The molecule has 4 amide bonds. The van der Waals surface area contributed by atoms with Crippen LogP contribution < -0.4 is 10.6 Å². The maximum Gasteiger partial charge on any atom is 0.407 e. The number of rotatable bonds is 10. The Balaban J connectivity index is 0.987. The molecule has 1 aromatic carbocycles. The molecule has 14 nitrogen and oxygen atoms in total. The summed E-state index contributed by atoms with van der Waals surface area (Å²) in [6, 6.07) is 11.1. The van der Waals surface area contributed by atoms with E-state index in [4.69, 9.17) is 19.4 Å². The van der Waals surface area contributed by atoms with Gasteiger partial charge in [0.2, 0.25) is 11.8 Å². The lowest BCUT2D eigenvalue weighted by Crippen LogP contribution is -2.51. The van der Waals surface area contributed by atoms with E-state index in [0.29, 0.717) is 19.0 Å². The number of aromatic amines is 2. The summed E-state index contributed by atoms with van der Waals surface area (Å²) in [7, 11) is 2.60. The van der Waals surface area contributed by atoms with Gasteiger partial charge in [0.15, 0.2) is 0 Å². The van der Waals surface area contributed by atoms with Crippen molar-refractivity contribution >= 4 is 88.8 Å². The van der Waals surface area contributed by atoms with Gasteiger partial charge >= 0.3 is 12.2 Å². The average molecular weight is 859 g/mol. The summed E-state index contributed by atoms with van der Waals surface area (Å²) < 4.78 is 12.0. The van der Waals surface area contributed by atoms with Crippen molar-refractivity contribution in [2.45, 2.75) is 78.6 Å². The highest BCUT2D eigenvalue weighted by molar-refractivity contribution is 7.33. The summed E-state index contributed by atoms with van der Waals surface area (Å²) in [6.45, 7) is 13.1. The van der Waals surface area contributed by atoms with Crippen LogP contribution in [0.4, 0.5) is 9.59 Å². The molecular weight excluding hydrogens is 809 g/mol. The summed E-state index contributed by atoms with van der Waals surface area (Å²) >= 11 is 5.15. The minimum Gasteiger partial charge on any atom is -0.453 e. The first-order chi connectivity index (χ1) is 28.2. The minimum atomic E-state index is -0.698. The van der Waals surface area contributed by atoms with Gasteiger partial charge in [-0.15, -0.1) is 34.0 Å². The summed E-state index contributed by atoms with van der Waals surface area (Å²) in [5.74, 6) is 1.62. The third-order valence-corrected chi connectivity index (χ3v) is 15.0. The molecule has 0 spiro atoms. The summed E-state index contributed by atoms with van der Waals surface area (Å²) in [6.07, 6.45) is 0.325. The Morgan fingerprint density at radius 1 is 0.695 bits per heavy atom. The number of alkyl carbamates (subject to hydrolysis) is 2. The second-order valence-electron chi connectivity index (χ2n) is 16.7. The third-order valence-electron chi connectivity index (χ3n) is 11.4. The fraction of sp³-hybridized carbons (Fsp3) is 0.476. The van der Waals surface area contributed by atoms with E-state index in [9.17, 15) is 19.2 Å². The third kappa shape index (κ3) is 7.91. The van der Waals surface area contributed by atoms with Crippen LogP contribution in [0.2, 0.25) is 0 Å². The lowest BCUT2D eigenvalue weighted by molar-refractivity contribution is -0.136. The van der Waals surface area contributed by atoms with Crippen LogP contribution >= 0.6 is 34.0 Å². The van der Waals surface area contributed by atoms with Crippen LogP contribution in [0.1, 0.15) is 78.1 Å². The van der Waals surface area contributed by atoms with Crippen molar-refractivity contribution in [3.05, 3.63) is 48.0 Å². The number of hydrogen-bond donors (Lipinski definition) is 4. The number of thiophene rings is 3. The summed E-state index contributed by atoms with van der Waals surface area (Å²) in [4.78, 5) is 76.7. The van der Waals surface area contributed by atoms with Crippen LogP contribution in [0.5, 0.6) is 0 Å². The van der Waals surface area contributed by atoms with Crippen LogP contribution in [-0.2, 0) is 19.1 Å². The van der Waals surface area contributed by atoms with Crippen molar-refractivity contribution in [2.24, 2.45) is 23.7 Å². The van der Waals surface area contributed by atoms with Crippen LogP contribution in [0, 0.1) is 23.7 Å². The topological polar surface area (TPSA) is 175 Å². The number of likely N-dealkylation sites (tertiary alicyclic amines) is 2. The number of H-pyrrole nitrogens is 2. The van der Waals surface area contributed by atoms with Crippen molar-refractivity contribution < 1.29 is 28.7 Å². The maximum absolute atomic E-state index is 13.8. The van der Waals surface area contributed by atoms with E-state index >= 15 is 0 Å². The van der Waals surface area contributed by atoms with Crippen molar-refractivity contribution in [1.82, 2.24) is 40.4 Å². The Morgan fingerprint density at radius 2 is 1.20 bits per heavy atom. The zero-order valence-electron chi connectivity index (χ0n) is 34.4. The number of benzene rings is 1. The molecule has 2 saturated heterocycles. The number of methoxy groups -OCH3 is 2. The highest BCUT2D eigenvalue weighted by Gasteiger charge is 2.42. The van der Waals surface area contributed by atoms with Gasteiger partial charge in [-0.05, 0) is 72.4 Å². The molecule has 5 aromatic heterocycles. The molecular formula is C42H50N8O6S3. The summed E-state index contributed by atoms with van der Waals surface area (Å²) in [5, 5.41) is 5.45. The molecule has 2 aliphatic heterocycles. The number of aromatic nitrogens is 4. The number of carbonyl (C=O) groups excluding carboxylic acids is 4. The molecule has 4 N–H and O–H groups in total. The first-order valence-electron chi connectivity index (χ1n) is 20.0. The predicted molar refractivity (Wildman–Crippen MR) is 233 cm³/mol. The Bertz CT molecular complexity index is 2490. The molecule has 312 valence electrons. The second-order valence-corrected chi connectivity index (χ2v) is 19.9. The van der Waals surface area contributed by atoms with Crippen LogP contribution in [0.25, 0.3) is 51.0 Å². The standard InChI is InChI=1S/C42H50N8O6S3/c1-19(2)34(46-41(53)55-7)39(51)49-17-21(5)11-27(49)36-43-24-10-9-23(13-25(24)44-36)29-15-31-33(57-29)16-32(58-31)30-14-26-38(59-30)48-37(45-26)28-12-22(6)18-50(28)40(52)35(20(3)4)47-42(54)56-8/h9-10,13-16,19-22,27-28,34-35H,11-12,17-18H2,1-8H3,(H,43,44)(H,45,48)(H,46,53)(H,47,54)/t21-,22-,27-,28+,34-,35-/m0/s1. The van der Waals surface area contributed by atoms with E-state index in [2.05, 4.69) is 64.8 Å². The molecule has 0 aliphatic carbocycles. The Hall–Kier alpha value is -5.00.